The molecular formula is C26H26N2O5. The van der Waals surface area contributed by atoms with E-state index in [1.807, 2.05) is 23.1 Å². The summed E-state index contributed by atoms with van der Waals surface area (Å²) in [6.07, 6.45) is 1.42. The van der Waals surface area contributed by atoms with Crippen LogP contribution in [0.2, 0.25) is 0 Å². The number of hydrogen-bond donors (Lipinski definition) is 2. The summed E-state index contributed by atoms with van der Waals surface area (Å²) in [6.45, 7) is 1.83. The number of ether oxygens (including phenoxy) is 2. The van der Waals surface area contributed by atoms with Crippen molar-refractivity contribution in [2.24, 2.45) is 5.92 Å². The minimum Gasteiger partial charge on any atom is -0.491 e. The average molecular weight is 447 g/mol. The van der Waals surface area contributed by atoms with E-state index in [1.165, 1.54) is 0 Å². The molecule has 3 aromatic carbocycles. The van der Waals surface area contributed by atoms with Gasteiger partial charge < -0.3 is 14.4 Å². The molecule has 1 saturated heterocycles. The molecule has 1 atom stereocenters. The lowest BCUT2D eigenvalue weighted by Gasteiger charge is -2.34. The van der Waals surface area contributed by atoms with Crippen molar-refractivity contribution in [1.29, 1.82) is 0 Å². The smallest absolute Gasteiger partial charge is 0.274 e. The van der Waals surface area contributed by atoms with E-state index in [0.29, 0.717) is 43.9 Å². The Kier molecular flexibility index (Phi) is 5.98. The predicted molar refractivity (Wildman–Crippen MR) is 122 cm³/mol. The maximum Gasteiger partial charge on any atom is 0.274 e. The second-order valence-corrected chi connectivity index (χ2v) is 8.51. The highest BCUT2D eigenvalue weighted by Gasteiger charge is 2.35. The molecule has 0 spiro atoms. The number of benzene rings is 3. The molecule has 5 rings (SSSR count). The summed E-state index contributed by atoms with van der Waals surface area (Å²) in [5, 5.41) is 11.2. The maximum absolute atomic E-state index is 13.8. The van der Waals surface area contributed by atoms with E-state index in [-0.39, 0.29) is 24.5 Å². The van der Waals surface area contributed by atoms with Gasteiger partial charge in [0.2, 0.25) is 5.91 Å². The summed E-state index contributed by atoms with van der Waals surface area (Å²) in [4.78, 5) is 27.6. The Morgan fingerprint density at radius 3 is 2.61 bits per heavy atom. The van der Waals surface area contributed by atoms with Crippen LogP contribution in [-0.4, -0.2) is 41.7 Å². The third-order valence-electron chi connectivity index (χ3n) is 6.58. The average Bonchev–Trinajstić information content (AvgIpc) is 3.07. The molecule has 2 aliphatic heterocycles. The van der Waals surface area contributed by atoms with Gasteiger partial charge in [-0.25, -0.2) is 5.48 Å². The number of hydrogen-bond acceptors (Lipinski definition) is 5. The standard InChI is InChI=1S/C26H26N2O5/c29-25(27-31)19-8-9-20-15-28(26(30)18-10-12-32-13-11-18)23(16-33-24(20)14-19)22-7-3-5-17-4-1-2-6-21(17)22/h1-9,14,18,23,31H,10-13,15-16H2,(H,27,29)/t23-/m0/s1. The molecule has 0 radical (unpaired) electrons. The molecule has 7 nitrogen and oxygen atoms in total. The Labute approximate surface area is 191 Å². The molecule has 0 saturated carbocycles. The van der Waals surface area contributed by atoms with Gasteiger partial charge in [0, 0.05) is 30.3 Å². The molecule has 2 amide bonds. The van der Waals surface area contributed by atoms with Crippen molar-refractivity contribution in [3.05, 3.63) is 77.4 Å². The Hall–Kier alpha value is -3.42. The topological polar surface area (TPSA) is 88.1 Å². The van der Waals surface area contributed by atoms with Crippen LogP contribution in [0.3, 0.4) is 0 Å². The van der Waals surface area contributed by atoms with Crippen molar-refractivity contribution in [2.45, 2.75) is 25.4 Å². The van der Waals surface area contributed by atoms with Gasteiger partial charge in [0.15, 0.2) is 0 Å². The SMILES string of the molecule is O=C(NO)c1ccc2c(c1)OC[C@@H](c1cccc3ccccc13)N(C(=O)C1CCOCC1)C2. The van der Waals surface area contributed by atoms with E-state index in [0.717, 1.165) is 21.9 Å². The Morgan fingerprint density at radius 2 is 1.79 bits per heavy atom. The second kappa shape index (κ2) is 9.21. The van der Waals surface area contributed by atoms with Gasteiger partial charge in [0.05, 0.1) is 12.6 Å². The van der Waals surface area contributed by atoms with Crippen LogP contribution in [0.25, 0.3) is 10.8 Å². The first-order valence-corrected chi connectivity index (χ1v) is 11.2. The number of amides is 2. The predicted octanol–water partition coefficient (Wildman–Crippen LogP) is 3.85. The monoisotopic (exact) mass is 446 g/mol. The second-order valence-electron chi connectivity index (χ2n) is 8.51. The number of nitrogens with one attached hydrogen (secondary N) is 1. The number of carbonyl (C=O) groups excluding carboxylic acids is 2. The summed E-state index contributed by atoms with van der Waals surface area (Å²) < 4.78 is 11.7. The number of carbonyl (C=O) groups is 2. The fraction of sp³-hybridized carbons (Fsp3) is 0.308. The van der Waals surface area contributed by atoms with Gasteiger partial charge in [-0.2, -0.15) is 0 Å². The molecule has 7 heteroatoms. The van der Waals surface area contributed by atoms with Gasteiger partial charge in [-0.1, -0.05) is 48.5 Å². The number of nitrogens with zero attached hydrogens (tertiary/aromatic N) is 1. The zero-order valence-corrected chi connectivity index (χ0v) is 18.2. The van der Waals surface area contributed by atoms with E-state index >= 15 is 0 Å². The van der Waals surface area contributed by atoms with Gasteiger partial charge in [0.1, 0.15) is 12.4 Å². The fourth-order valence-electron chi connectivity index (χ4n) is 4.79. The van der Waals surface area contributed by atoms with Gasteiger partial charge in [-0.15, -0.1) is 0 Å². The maximum atomic E-state index is 13.8. The minimum atomic E-state index is -0.605. The van der Waals surface area contributed by atoms with Crippen molar-refractivity contribution in [1.82, 2.24) is 10.4 Å². The molecule has 0 bridgehead atoms. The molecule has 33 heavy (non-hydrogen) atoms. The third-order valence-corrected chi connectivity index (χ3v) is 6.58. The first-order chi connectivity index (χ1) is 16.2. The van der Waals surface area contributed by atoms with Gasteiger partial charge in [-0.05, 0) is 41.3 Å². The highest BCUT2D eigenvalue weighted by molar-refractivity contribution is 5.94. The molecule has 2 aliphatic rings. The minimum absolute atomic E-state index is 0.0859. The molecular weight excluding hydrogens is 420 g/mol. The molecule has 3 aromatic rings. The summed E-state index contributed by atoms with van der Waals surface area (Å²) in [6, 6.07) is 19.0. The van der Waals surface area contributed by atoms with Crippen LogP contribution in [0, 0.1) is 5.92 Å². The molecule has 0 unspecified atom stereocenters. The summed E-state index contributed by atoms with van der Waals surface area (Å²) in [5.74, 6) is -0.0444. The summed E-state index contributed by atoms with van der Waals surface area (Å²) in [7, 11) is 0. The summed E-state index contributed by atoms with van der Waals surface area (Å²) in [5.41, 5.74) is 3.81. The van der Waals surface area contributed by atoms with Crippen molar-refractivity contribution < 1.29 is 24.3 Å². The lowest BCUT2D eigenvalue weighted by atomic mass is 9.94. The molecule has 0 aromatic heterocycles. The van der Waals surface area contributed by atoms with E-state index in [2.05, 4.69) is 24.3 Å². The third kappa shape index (κ3) is 4.17. The highest BCUT2D eigenvalue weighted by Crippen LogP contribution is 2.37. The van der Waals surface area contributed by atoms with Gasteiger partial charge in [-0.3, -0.25) is 14.8 Å². The van der Waals surface area contributed by atoms with Crippen LogP contribution in [0.1, 0.15) is 40.4 Å². The van der Waals surface area contributed by atoms with Crippen molar-refractivity contribution in [3.63, 3.8) is 0 Å². The van der Waals surface area contributed by atoms with E-state index in [1.54, 1.807) is 23.7 Å². The van der Waals surface area contributed by atoms with Crippen LogP contribution in [0.4, 0.5) is 0 Å². The fourth-order valence-corrected chi connectivity index (χ4v) is 4.79. The number of rotatable bonds is 3. The highest BCUT2D eigenvalue weighted by atomic mass is 16.5. The molecule has 1 fully saturated rings. The van der Waals surface area contributed by atoms with Gasteiger partial charge >= 0.3 is 0 Å². The van der Waals surface area contributed by atoms with Gasteiger partial charge in [0.25, 0.3) is 5.91 Å². The van der Waals surface area contributed by atoms with E-state index in [9.17, 15) is 9.59 Å². The lowest BCUT2D eigenvalue weighted by molar-refractivity contribution is -0.142. The van der Waals surface area contributed by atoms with Crippen LogP contribution < -0.4 is 10.2 Å². The van der Waals surface area contributed by atoms with E-state index in [4.69, 9.17) is 14.7 Å². The Balaban J connectivity index is 1.57. The van der Waals surface area contributed by atoms with Crippen LogP contribution >= 0.6 is 0 Å². The molecule has 0 aliphatic carbocycles. The number of fused-ring (bicyclic) bond motifs is 2. The Morgan fingerprint density at radius 1 is 1.00 bits per heavy atom. The van der Waals surface area contributed by atoms with E-state index < -0.39 is 5.91 Å². The zero-order chi connectivity index (χ0) is 22.8. The Bertz CT molecular complexity index is 1180. The summed E-state index contributed by atoms with van der Waals surface area (Å²) >= 11 is 0. The first-order valence-electron chi connectivity index (χ1n) is 11.2. The number of hydroxylamine groups is 1. The molecule has 170 valence electrons. The quantitative estimate of drug-likeness (QED) is 0.471. The normalized spacial score (nSPS) is 18.8. The lowest BCUT2D eigenvalue weighted by Crippen LogP contribution is -2.41. The molecule has 2 N–H and O–H groups in total. The largest absolute Gasteiger partial charge is 0.491 e. The van der Waals surface area contributed by atoms with Crippen LogP contribution in [-0.2, 0) is 16.1 Å². The zero-order valence-electron chi connectivity index (χ0n) is 18.2. The van der Waals surface area contributed by atoms with Crippen molar-refractivity contribution in [2.75, 3.05) is 19.8 Å². The first kappa shape index (κ1) is 21.4. The van der Waals surface area contributed by atoms with Crippen LogP contribution in [0.15, 0.2) is 60.7 Å². The molecule has 2 heterocycles. The van der Waals surface area contributed by atoms with Crippen molar-refractivity contribution >= 4 is 22.6 Å². The van der Waals surface area contributed by atoms with Crippen molar-refractivity contribution in [3.8, 4) is 5.75 Å². The van der Waals surface area contributed by atoms with Crippen LogP contribution in [0.5, 0.6) is 5.75 Å².